The van der Waals surface area contributed by atoms with E-state index in [-0.39, 0.29) is 33.5 Å². The second-order valence-corrected chi connectivity index (χ2v) is 6.28. The maximum Gasteiger partial charge on any atom is 0.257 e. The van der Waals surface area contributed by atoms with Crippen LogP contribution in [0.15, 0.2) is 22.7 Å². The molecule has 0 unspecified atom stereocenters. The fraction of sp³-hybridized carbons (Fsp3) is 0.353. The Morgan fingerprint density at radius 1 is 1.44 bits per heavy atom. The predicted octanol–water partition coefficient (Wildman–Crippen LogP) is 2.84. The minimum atomic E-state index is -0.645. The van der Waals surface area contributed by atoms with Crippen LogP contribution in [0.4, 0.5) is 4.39 Å². The molecule has 1 aromatic heterocycles. The largest absolute Gasteiger partial charge is 0.360 e. The predicted molar refractivity (Wildman–Crippen MR) is 89.8 cm³/mol. The Bertz CT molecular complexity index is 801. The molecule has 3 rings (SSSR count). The highest BCUT2D eigenvalue weighted by Gasteiger charge is 2.29. The van der Waals surface area contributed by atoms with Crippen LogP contribution < -0.4 is 10.6 Å². The van der Waals surface area contributed by atoms with Gasteiger partial charge in [-0.1, -0.05) is 22.8 Å². The maximum atomic E-state index is 14.2. The van der Waals surface area contributed by atoms with Crippen LogP contribution >= 0.6 is 11.6 Å². The number of aryl methyl sites for hydroxylation is 1. The molecule has 2 N–H and O–H groups in total. The number of nitrogens with one attached hydrogen (secondary N) is 2. The van der Waals surface area contributed by atoms with Crippen LogP contribution in [0.1, 0.15) is 35.4 Å². The molecule has 1 saturated heterocycles. The van der Waals surface area contributed by atoms with Crippen molar-refractivity contribution >= 4 is 23.4 Å². The van der Waals surface area contributed by atoms with Gasteiger partial charge in [0.25, 0.3) is 5.91 Å². The average molecular weight is 366 g/mol. The summed E-state index contributed by atoms with van der Waals surface area (Å²) in [6.07, 6.45) is 2.22. The van der Waals surface area contributed by atoms with Crippen molar-refractivity contribution in [2.75, 3.05) is 6.54 Å². The number of carbonyl (C=O) groups is 2. The van der Waals surface area contributed by atoms with Gasteiger partial charge in [-0.2, -0.15) is 0 Å². The van der Waals surface area contributed by atoms with Gasteiger partial charge in [0.15, 0.2) is 0 Å². The van der Waals surface area contributed by atoms with Gasteiger partial charge in [-0.3, -0.25) is 9.59 Å². The number of halogens is 2. The molecule has 1 aliphatic rings. The Morgan fingerprint density at radius 3 is 3.00 bits per heavy atom. The zero-order valence-electron chi connectivity index (χ0n) is 13.6. The van der Waals surface area contributed by atoms with Crippen molar-refractivity contribution in [1.82, 2.24) is 15.8 Å². The van der Waals surface area contributed by atoms with E-state index >= 15 is 0 Å². The molecule has 1 aromatic carbocycles. The number of amides is 2. The summed E-state index contributed by atoms with van der Waals surface area (Å²) in [6.45, 7) is 2.14. The number of carbonyl (C=O) groups excluding carboxylic acids is 2. The second kappa shape index (κ2) is 7.23. The van der Waals surface area contributed by atoms with Crippen LogP contribution in [0.3, 0.4) is 0 Å². The first-order valence-corrected chi connectivity index (χ1v) is 8.36. The lowest BCUT2D eigenvalue weighted by atomic mass is 10.0. The highest BCUT2D eigenvalue weighted by atomic mass is 35.5. The van der Waals surface area contributed by atoms with Crippen molar-refractivity contribution in [3.63, 3.8) is 0 Å². The smallest absolute Gasteiger partial charge is 0.257 e. The van der Waals surface area contributed by atoms with Crippen LogP contribution in [-0.2, 0) is 4.79 Å². The van der Waals surface area contributed by atoms with Gasteiger partial charge in [-0.25, -0.2) is 4.39 Å². The van der Waals surface area contributed by atoms with E-state index in [0.29, 0.717) is 13.0 Å². The number of aromatic nitrogens is 1. The van der Waals surface area contributed by atoms with Crippen molar-refractivity contribution in [3.8, 4) is 11.3 Å². The van der Waals surface area contributed by atoms with E-state index in [1.807, 2.05) is 0 Å². The Morgan fingerprint density at radius 2 is 2.24 bits per heavy atom. The fourth-order valence-corrected chi connectivity index (χ4v) is 3.09. The summed E-state index contributed by atoms with van der Waals surface area (Å²) in [4.78, 5) is 24.7. The van der Waals surface area contributed by atoms with Crippen LogP contribution in [0, 0.1) is 12.7 Å². The Kier molecular flexibility index (Phi) is 5.03. The first-order valence-electron chi connectivity index (χ1n) is 7.98. The summed E-state index contributed by atoms with van der Waals surface area (Å²) in [5, 5.41) is 9.35. The van der Waals surface area contributed by atoms with Gasteiger partial charge in [0.2, 0.25) is 5.91 Å². The van der Waals surface area contributed by atoms with Gasteiger partial charge in [-0.15, -0.1) is 0 Å². The molecule has 0 radical (unpaired) electrons. The van der Waals surface area contributed by atoms with E-state index in [0.717, 1.165) is 12.8 Å². The normalized spacial score (nSPS) is 17.7. The molecule has 8 heteroatoms. The Hall–Kier alpha value is -2.41. The molecule has 132 valence electrons. The van der Waals surface area contributed by atoms with Gasteiger partial charge >= 0.3 is 0 Å². The quantitative estimate of drug-likeness (QED) is 0.876. The van der Waals surface area contributed by atoms with Gasteiger partial charge in [-0.05, 0) is 38.3 Å². The molecule has 2 amide bonds. The van der Waals surface area contributed by atoms with Crippen molar-refractivity contribution in [2.45, 2.75) is 32.2 Å². The highest BCUT2D eigenvalue weighted by Crippen LogP contribution is 2.33. The standard InChI is InChI=1S/C17H17ClFN3O3/c1-9-13(17(24)21-12-7-2-3-8-20-16(12)23)15(22-25-9)14-10(18)5-4-6-11(14)19/h4-6,12H,2-3,7-8H2,1H3,(H,20,23)(H,21,24)/t12-/m1/s1. The molecular formula is C17H17ClFN3O3. The van der Waals surface area contributed by atoms with Crippen LogP contribution in [0.25, 0.3) is 11.3 Å². The van der Waals surface area contributed by atoms with Crippen molar-refractivity contribution in [1.29, 1.82) is 0 Å². The zero-order chi connectivity index (χ0) is 18.0. The van der Waals surface area contributed by atoms with E-state index in [1.165, 1.54) is 18.2 Å². The lowest BCUT2D eigenvalue weighted by molar-refractivity contribution is -0.122. The minimum Gasteiger partial charge on any atom is -0.360 e. The molecular weight excluding hydrogens is 349 g/mol. The molecule has 1 aliphatic heterocycles. The third kappa shape index (κ3) is 3.51. The van der Waals surface area contributed by atoms with Gasteiger partial charge in [0.1, 0.15) is 28.9 Å². The summed E-state index contributed by atoms with van der Waals surface area (Å²) in [7, 11) is 0. The molecule has 0 aliphatic carbocycles. The molecule has 1 fully saturated rings. The summed E-state index contributed by atoms with van der Waals surface area (Å²) in [6, 6.07) is 3.55. The van der Waals surface area contributed by atoms with E-state index in [4.69, 9.17) is 16.1 Å². The number of benzene rings is 1. The first-order chi connectivity index (χ1) is 12.0. The first kappa shape index (κ1) is 17.4. The highest BCUT2D eigenvalue weighted by molar-refractivity contribution is 6.33. The Balaban J connectivity index is 1.94. The minimum absolute atomic E-state index is 0.00326. The van der Waals surface area contributed by atoms with Crippen molar-refractivity contribution in [2.24, 2.45) is 0 Å². The van der Waals surface area contributed by atoms with Crippen LogP contribution in [0.2, 0.25) is 5.02 Å². The molecule has 1 atom stereocenters. The molecule has 0 saturated carbocycles. The zero-order valence-corrected chi connectivity index (χ0v) is 14.3. The average Bonchev–Trinajstić information content (AvgIpc) is 2.82. The molecule has 25 heavy (non-hydrogen) atoms. The maximum absolute atomic E-state index is 14.2. The number of rotatable bonds is 3. The molecule has 2 aromatic rings. The van der Waals surface area contributed by atoms with E-state index in [1.54, 1.807) is 6.92 Å². The molecule has 0 bridgehead atoms. The molecule has 2 heterocycles. The summed E-state index contributed by atoms with van der Waals surface area (Å²) < 4.78 is 19.3. The fourth-order valence-electron chi connectivity index (χ4n) is 2.84. The van der Waals surface area contributed by atoms with Crippen molar-refractivity contribution < 1.29 is 18.5 Å². The molecule has 0 spiro atoms. The van der Waals surface area contributed by atoms with Gasteiger partial charge < -0.3 is 15.2 Å². The van der Waals surface area contributed by atoms with Crippen molar-refractivity contribution in [3.05, 3.63) is 40.4 Å². The monoisotopic (exact) mass is 365 g/mol. The lowest BCUT2D eigenvalue weighted by Crippen LogP contribution is -2.45. The summed E-state index contributed by atoms with van der Waals surface area (Å²) >= 11 is 6.07. The second-order valence-electron chi connectivity index (χ2n) is 5.87. The van der Waals surface area contributed by atoms with Crippen LogP contribution in [-0.4, -0.2) is 29.6 Å². The van der Waals surface area contributed by atoms with E-state index in [2.05, 4.69) is 15.8 Å². The van der Waals surface area contributed by atoms with Crippen LogP contribution in [0.5, 0.6) is 0 Å². The lowest BCUT2D eigenvalue weighted by Gasteiger charge is -2.15. The summed E-state index contributed by atoms with van der Waals surface area (Å²) in [5.41, 5.74) is 0.0904. The Labute approximate surface area is 148 Å². The van der Waals surface area contributed by atoms with E-state index in [9.17, 15) is 14.0 Å². The third-order valence-electron chi connectivity index (χ3n) is 4.13. The van der Waals surface area contributed by atoms with E-state index < -0.39 is 17.8 Å². The molecule has 6 nitrogen and oxygen atoms in total. The van der Waals surface area contributed by atoms with Gasteiger partial charge in [0.05, 0.1) is 10.6 Å². The van der Waals surface area contributed by atoms with Gasteiger partial charge in [0, 0.05) is 6.54 Å². The third-order valence-corrected chi connectivity index (χ3v) is 4.44. The number of nitrogens with zero attached hydrogens (tertiary/aromatic N) is 1. The number of hydrogen-bond donors (Lipinski definition) is 2. The summed E-state index contributed by atoms with van der Waals surface area (Å²) in [5.74, 6) is -1.16. The topological polar surface area (TPSA) is 84.2 Å². The number of hydrogen-bond acceptors (Lipinski definition) is 4. The SMILES string of the molecule is Cc1onc(-c2c(F)cccc2Cl)c1C(=O)N[C@@H]1CCCCNC1=O.